The van der Waals surface area contributed by atoms with Crippen LogP contribution >= 0.6 is 19.3 Å². The molecule has 0 aliphatic heterocycles. The van der Waals surface area contributed by atoms with Crippen LogP contribution in [0, 0.1) is 0 Å². The van der Waals surface area contributed by atoms with Crippen molar-refractivity contribution in [3.63, 3.8) is 0 Å². The van der Waals surface area contributed by atoms with Crippen molar-refractivity contribution >= 4 is 19.3 Å². The van der Waals surface area contributed by atoms with Gasteiger partial charge in [0.15, 0.2) is 0 Å². The quantitative estimate of drug-likeness (QED) is 0.723. The Kier molecular flexibility index (Phi) is 2.75. The molecule has 0 amide bonds. The maximum absolute atomic E-state index is 10.8. The van der Waals surface area contributed by atoms with E-state index in [2.05, 4.69) is 0 Å². The topological polar surface area (TPSA) is 78.3 Å². The van der Waals surface area contributed by atoms with E-state index in [4.69, 9.17) is 27.1 Å². The summed E-state index contributed by atoms with van der Waals surface area (Å²) in [5, 5.41) is 0.561. The fraction of sp³-hybridized carbons (Fsp3) is 0. The Morgan fingerprint density at radius 3 is 2.17 bits per heavy atom. The number of hydrogen-bond donors (Lipinski definition) is 2. The molecule has 66 valence electrons. The highest BCUT2D eigenvalue weighted by Crippen LogP contribution is 2.30. The Balaban J connectivity index is 2.78. The van der Waals surface area contributed by atoms with Crippen LogP contribution in [0.3, 0.4) is 0 Å². The van der Waals surface area contributed by atoms with Crippen LogP contribution in [0.2, 0.25) is 5.02 Å². The first-order chi connectivity index (χ1) is 5.47. The van der Waals surface area contributed by atoms with Gasteiger partial charge in [-0.3, -0.25) is 0 Å². The second kappa shape index (κ2) is 3.46. The van der Waals surface area contributed by atoms with Gasteiger partial charge in [-0.25, -0.2) is 15.6 Å². The van der Waals surface area contributed by atoms with Crippen LogP contribution in [-0.4, -0.2) is 0 Å². The third kappa shape index (κ3) is 3.24. The lowest BCUT2D eigenvalue weighted by molar-refractivity contribution is 0.484. The molecule has 0 saturated carbocycles. The monoisotopic (exact) mass is 206 g/mol. The van der Waals surface area contributed by atoms with E-state index in [-0.39, 0.29) is 0 Å². The summed E-state index contributed by atoms with van der Waals surface area (Å²) >= 11 is 5.60. The number of nitrogens with two attached hydrogens (primary N) is 2. The predicted molar refractivity (Wildman–Crippen MR) is 48.1 cm³/mol. The Labute approximate surface area is 75.0 Å². The molecule has 0 atom stereocenters. The van der Waals surface area contributed by atoms with Gasteiger partial charge < -0.3 is 4.52 Å². The van der Waals surface area contributed by atoms with E-state index in [9.17, 15) is 4.57 Å². The summed E-state index contributed by atoms with van der Waals surface area (Å²) in [6.07, 6.45) is 0. The first kappa shape index (κ1) is 9.55. The minimum atomic E-state index is -3.45. The van der Waals surface area contributed by atoms with Gasteiger partial charge in [0.1, 0.15) is 5.75 Å². The predicted octanol–water partition coefficient (Wildman–Crippen LogP) is 1.74. The van der Waals surface area contributed by atoms with E-state index in [1.54, 1.807) is 12.1 Å². The van der Waals surface area contributed by atoms with E-state index < -0.39 is 7.67 Å². The molecule has 0 unspecified atom stereocenters. The highest BCUT2D eigenvalue weighted by molar-refractivity contribution is 7.54. The zero-order chi connectivity index (χ0) is 9.19. The van der Waals surface area contributed by atoms with Crippen LogP contribution in [0.1, 0.15) is 0 Å². The molecule has 6 heteroatoms. The molecule has 0 spiro atoms. The SMILES string of the molecule is NP(N)(=O)Oc1ccc(Cl)cc1. The van der Waals surface area contributed by atoms with Gasteiger partial charge in [0.2, 0.25) is 0 Å². The molecule has 4 nitrogen and oxygen atoms in total. The van der Waals surface area contributed by atoms with Crippen molar-refractivity contribution in [2.24, 2.45) is 11.0 Å². The highest BCUT2D eigenvalue weighted by atomic mass is 35.5. The van der Waals surface area contributed by atoms with Crippen molar-refractivity contribution in [1.82, 2.24) is 0 Å². The van der Waals surface area contributed by atoms with Crippen LogP contribution in [0.15, 0.2) is 24.3 Å². The maximum Gasteiger partial charge on any atom is 0.385 e. The van der Waals surface area contributed by atoms with E-state index in [0.29, 0.717) is 10.8 Å². The Morgan fingerprint density at radius 1 is 1.25 bits per heavy atom. The fourth-order valence-electron chi connectivity index (χ4n) is 0.660. The second-order valence-corrected chi connectivity index (χ2v) is 4.10. The molecule has 0 fully saturated rings. The van der Waals surface area contributed by atoms with Gasteiger partial charge in [-0.1, -0.05) is 11.6 Å². The molecule has 0 aliphatic rings. The third-order valence-corrected chi connectivity index (χ3v) is 1.81. The summed E-state index contributed by atoms with van der Waals surface area (Å²) < 4.78 is 15.5. The van der Waals surface area contributed by atoms with Crippen LogP contribution in [0.25, 0.3) is 0 Å². The van der Waals surface area contributed by atoms with Gasteiger partial charge >= 0.3 is 7.67 Å². The summed E-state index contributed by atoms with van der Waals surface area (Å²) in [5.74, 6) is 0.340. The van der Waals surface area contributed by atoms with Gasteiger partial charge in [-0.2, -0.15) is 0 Å². The highest BCUT2D eigenvalue weighted by Gasteiger charge is 2.09. The third-order valence-electron chi connectivity index (χ3n) is 1.06. The average Bonchev–Trinajstić information content (AvgIpc) is 1.91. The normalized spacial score (nSPS) is 11.2. The standard InChI is InChI=1S/C6H8ClN2O2P/c7-5-1-3-6(4-2-5)11-12(8,9)10/h1-4H,(H4,8,9,10). The van der Waals surface area contributed by atoms with E-state index >= 15 is 0 Å². The lowest BCUT2D eigenvalue weighted by Crippen LogP contribution is -2.10. The van der Waals surface area contributed by atoms with Crippen molar-refractivity contribution < 1.29 is 9.09 Å². The lowest BCUT2D eigenvalue weighted by Gasteiger charge is -2.08. The molecule has 12 heavy (non-hydrogen) atoms. The summed E-state index contributed by atoms with van der Waals surface area (Å²) in [7, 11) is -3.45. The van der Waals surface area contributed by atoms with Gasteiger partial charge in [-0.15, -0.1) is 0 Å². The fourth-order valence-corrected chi connectivity index (χ4v) is 1.24. The van der Waals surface area contributed by atoms with Crippen molar-refractivity contribution in [2.45, 2.75) is 0 Å². The second-order valence-electron chi connectivity index (χ2n) is 2.19. The largest absolute Gasteiger partial charge is 0.422 e. The van der Waals surface area contributed by atoms with Gasteiger partial charge in [0.25, 0.3) is 0 Å². The number of hydrogen-bond acceptors (Lipinski definition) is 2. The first-order valence-electron chi connectivity index (χ1n) is 3.10. The van der Waals surface area contributed by atoms with Crippen molar-refractivity contribution in [3.8, 4) is 5.75 Å². The molecule has 1 rings (SSSR count). The van der Waals surface area contributed by atoms with Gasteiger partial charge in [0.05, 0.1) is 0 Å². The molecule has 1 aromatic carbocycles. The zero-order valence-corrected chi connectivity index (χ0v) is 7.76. The number of halogens is 1. The Hall–Kier alpha value is -0.540. The van der Waals surface area contributed by atoms with Crippen LogP contribution in [-0.2, 0) is 4.57 Å². The number of benzene rings is 1. The van der Waals surface area contributed by atoms with Crippen molar-refractivity contribution in [2.75, 3.05) is 0 Å². The molecule has 1 aromatic rings. The summed E-state index contributed by atoms with van der Waals surface area (Å²) in [6, 6.07) is 6.25. The van der Waals surface area contributed by atoms with Gasteiger partial charge in [-0.05, 0) is 24.3 Å². The Bertz CT molecular complexity index is 308. The molecule has 0 saturated heterocycles. The van der Waals surface area contributed by atoms with Gasteiger partial charge in [0, 0.05) is 5.02 Å². The zero-order valence-electron chi connectivity index (χ0n) is 6.11. The van der Waals surface area contributed by atoms with E-state index in [1.165, 1.54) is 12.1 Å². The molecule has 0 aliphatic carbocycles. The maximum atomic E-state index is 10.8. The van der Waals surface area contributed by atoms with Crippen molar-refractivity contribution in [1.29, 1.82) is 0 Å². The smallest absolute Gasteiger partial charge is 0.385 e. The van der Waals surface area contributed by atoms with Crippen molar-refractivity contribution in [3.05, 3.63) is 29.3 Å². The number of rotatable bonds is 2. The van der Waals surface area contributed by atoms with Crippen LogP contribution in [0.5, 0.6) is 5.75 Å². The summed E-state index contributed by atoms with van der Waals surface area (Å²) in [6.45, 7) is 0. The molecular weight excluding hydrogens is 199 g/mol. The molecular formula is C6H8ClN2O2P. The minimum absolute atomic E-state index is 0.340. The molecule has 0 heterocycles. The average molecular weight is 207 g/mol. The summed E-state index contributed by atoms with van der Waals surface area (Å²) in [4.78, 5) is 0. The van der Waals surface area contributed by atoms with E-state index in [1.807, 2.05) is 0 Å². The summed E-state index contributed by atoms with van der Waals surface area (Å²) in [5.41, 5.74) is 9.97. The molecule has 0 bridgehead atoms. The lowest BCUT2D eigenvalue weighted by atomic mass is 10.3. The molecule has 0 aromatic heterocycles. The van der Waals surface area contributed by atoms with Crippen LogP contribution < -0.4 is 15.5 Å². The Morgan fingerprint density at radius 2 is 1.75 bits per heavy atom. The molecule has 4 N–H and O–H groups in total. The minimum Gasteiger partial charge on any atom is -0.422 e. The first-order valence-corrected chi connectivity index (χ1v) is 5.24. The van der Waals surface area contributed by atoms with Crippen LogP contribution in [0.4, 0.5) is 0 Å². The molecule has 0 radical (unpaired) electrons. The van der Waals surface area contributed by atoms with E-state index in [0.717, 1.165) is 0 Å².